The highest BCUT2D eigenvalue weighted by Crippen LogP contribution is 1.90. The van der Waals surface area contributed by atoms with Crippen LogP contribution < -0.4 is 4.72 Å². The largest absolute Gasteiger partial charge is 0.378 e. The van der Waals surface area contributed by atoms with Crippen molar-refractivity contribution in [3.8, 4) is 12.3 Å². The van der Waals surface area contributed by atoms with Gasteiger partial charge in [0.15, 0.2) is 0 Å². The van der Waals surface area contributed by atoms with E-state index in [0.29, 0.717) is 13.0 Å². The molecule has 0 unspecified atom stereocenters. The van der Waals surface area contributed by atoms with Crippen LogP contribution in [-0.4, -0.2) is 33.4 Å². The summed E-state index contributed by atoms with van der Waals surface area (Å²) >= 11 is 0. The second-order valence-electron chi connectivity index (χ2n) is 3.09. The Balaban J connectivity index is 3.69. The van der Waals surface area contributed by atoms with Gasteiger partial charge in [-0.1, -0.05) is 0 Å². The van der Waals surface area contributed by atoms with E-state index in [1.807, 2.05) is 13.8 Å². The zero-order valence-corrected chi connectivity index (χ0v) is 9.43. The molecule has 0 rings (SSSR count). The molecule has 0 fully saturated rings. The normalized spacial score (nSPS) is 11.6. The van der Waals surface area contributed by atoms with Crippen molar-refractivity contribution in [3.63, 3.8) is 0 Å². The van der Waals surface area contributed by atoms with Gasteiger partial charge in [0.1, 0.15) is 0 Å². The first kappa shape index (κ1) is 13.4. The van der Waals surface area contributed by atoms with Crippen LogP contribution in [0.25, 0.3) is 0 Å². The summed E-state index contributed by atoms with van der Waals surface area (Å²) in [5.74, 6) is 2.34. The van der Waals surface area contributed by atoms with Crippen molar-refractivity contribution in [2.24, 2.45) is 0 Å². The maximum absolute atomic E-state index is 11.2. The monoisotopic (exact) mass is 219 g/mol. The van der Waals surface area contributed by atoms with Crippen LogP contribution in [0.2, 0.25) is 0 Å². The predicted octanol–water partition coefficient (Wildman–Crippen LogP) is 0.354. The highest BCUT2D eigenvalue weighted by molar-refractivity contribution is 7.89. The molecule has 0 aliphatic heterocycles. The second kappa shape index (κ2) is 6.82. The van der Waals surface area contributed by atoms with Crippen LogP contribution in [0.4, 0.5) is 0 Å². The number of nitrogens with one attached hydrogen (secondary N) is 1. The Morgan fingerprint density at radius 1 is 1.50 bits per heavy atom. The summed E-state index contributed by atoms with van der Waals surface area (Å²) in [7, 11) is -3.22. The fraction of sp³-hybridized carbons (Fsp3) is 0.778. The van der Waals surface area contributed by atoms with E-state index >= 15 is 0 Å². The summed E-state index contributed by atoms with van der Waals surface area (Å²) in [5.41, 5.74) is 0. The molecule has 0 spiro atoms. The quantitative estimate of drug-likeness (QED) is 0.496. The van der Waals surface area contributed by atoms with Gasteiger partial charge >= 0.3 is 0 Å². The molecular weight excluding hydrogens is 202 g/mol. The smallest absolute Gasteiger partial charge is 0.213 e. The number of rotatable bonds is 7. The SMILES string of the molecule is C#CCCNS(=O)(=O)CCOC(C)C. The summed E-state index contributed by atoms with van der Waals surface area (Å²) in [5, 5.41) is 0. The summed E-state index contributed by atoms with van der Waals surface area (Å²) < 4.78 is 30.0. The first-order chi connectivity index (χ1) is 6.48. The number of ether oxygens (including phenoxy) is 1. The average molecular weight is 219 g/mol. The highest BCUT2D eigenvalue weighted by Gasteiger charge is 2.08. The molecular formula is C9H17NO3S. The van der Waals surface area contributed by atoms with Crippen molar-refractivity contribution in [2.75, 3.05) is 18.9 Å². The number of hydrogen-bond donors (Lipinski definition) is 1. The zero-order chi connectivity index (χ0) is 11.0. The molecule has 1 N–H and O–H groups in total. The third-order valence-electron chi connectivity index (χ3n) is 1.39. The summed E-state index contributed by atoms with van der Waals surface area (Å²) in [6, 6.07) is 0. The van der Waals surface area contributed by atoms with E-state index in [9.17, 15) is 8.42 Å². The van der Waals surface area contributed by atoms with Gasteiger partial charge in [0.2, 0.25) is 10.0 Å². The molecule has 5 heteroatoms. The Kier molecular flexibility index (Phi) is 6.54. The van der Waals surface area contributed by atoms with Gasteiger partial charge in [-0.2, -0.15) is 0 Å². The van der Waals surface area contributed by atoms with Crippen molar-refractivity contribution >= 4 is 10.0 Å². The molecule has 0 heterocycles. The number of terminal acetylenes is 1. The van der Waals surface area contributed by atoms with Gasteiger partial charge in [-0.15, -0.1) is 12.3 Å². The standard InChI is InChI=1S/C9H17NO3S/c1-4-5-6-10-14(11,12)8-7-13-9(2)3/h1,9-10H,5-8H2,2-3H3. The van der Waals surface area contributed by atoms with Crippen LogP contribution in [0.1, 0.15) is 20.3 Å². The first-order valence-electron chi connectivity index (χ1n) is 4.50. The molecule has 82 valence electrons. The minimum absolute atomic E-state index is 0.0181. The van der Waals surface area contributed by atoms with Gasteiger partial charge in [-0.25, -0.2) is 13.1 Å². The Morgan fingerprint density at radius 3 is 2.64 bits per heavy atom. The molecule has 0 saturated carbocycles. The van der Waals surface area contributed by atoms with E-state index in [0.717, 1.165) is 0 Å². The van der Waals surface area contributed by atoms with Crippen molar-refractivity contribution in [1.29, 1.82) is 0 Å². The van der Waals surface area contributed by atoms with Crippen LogP contribution >= 0.6 is 0 Å². The molecule has 0 aromatic heterocycles. The van der Waals surface area contributed by atoms with Gasteiger partial charge in [0.05, 0.1) is 18.5 Å². The molecule has 0 saturated heterocycles. The lowest BCUT2D eigenvalue weighted by Crippen LogP contribution is -2.29. The molecule has 0 atom stereocenters. The second-order valence-corrected chi connectivity index (χ2v) is 5.01. The maximum atomic E-state index is 11.2. The lowest BCUT2D eigenvalue weighted by Gasteiger charge is -2.08. The van der Waals surface area contributed by atoms with Crippen LogP contribution in [0.15, 0.2) is 0 Å². The van der Waals surface area contributed by atoms with Gasteiger partial charge in [-0.3, -0.25) is 0 Å². The van der Waals surface area contributed by atoms with E-state index in [1.165, 1.54) is 0 Å². The topological polar surface area (TPSA) is 55.4 Å². The van der Waals surface area contributed by atoms with Crippen molar-refractivity contribution in [3.05, 3.63) is 0 Å². The Bertz CT molecular complexity index is 277. The Labute approximate surface area is 86.1 Å². The number of sulfonamides is 1. The van der Waals surface area contributed by atoms with Crippen LogP contribution in [0.3, 0.4) is 0 Å². The molecule has 0 aromatic rings. The minimum atomic E-state index is -3.22. The van der Waals surface area contributed by atoms with Gasteiger partial charge < -0.3 is 4.74 Å². The fourth-order valence-electron chi connectivity index (χ4n) is 0.744. The molecule has 14 heavy (non-hydrogen) atoms. The molecule has 0 aromatic carbocycles. The van der Waals surface area contributed by atoms with E-state index < -0.39 is 10.0 Å². The summed E-state index contributed by atoms with van der Waals surface area (Å²) in [6.07, 6.45) is 5.45. The molecule has 4 nitrogen and oxygen atoms in total. The third-order valence-corrected chi connectivity index (χ3v) is 2.74. The van der Waals surface area contributed by atoms with E-state index in [4.69, 9.17) is 11.2 Å². The molecule has 0 aliphatic carbocycles. The van der Waals surface area contributed by atoms with Crippen molar-refractivity contribution in [2.45, 2.75) is 26.4 Å². The Morgan fingerprint density at radius 2 is 2.14 bits per heavy atom. The molecule has 0 bridgehead atoms. The summed E-state index contributed by atoms with van der Waals surface area (Å²) in [6.45, 7) is 4.22. The van der Waals surface area contributed by atoms with E-state index in [2.05, 4.69) is 10.6 Å². The van der Waals surface area contributed by atoms with Gasteiger partial charge in [-0.05, 0) is 13.8 Å². The minimum Gasteiger partial charge on any atom is -0.378 e. The van der Waals surface area contributed by atoms with Gasteiger partial charge in [0, 0.05) is 13.0 Å². The zero-order valence-electron chi connectivity index (χ0n) is 8.62. The predicted molar refractivity (Wildman–Crippen MR) is 56.3 cm³/mol. The fourth-order valence-corrected chi connectivity index (χ4v) is 1.62. The van der Waals surface area contributed by atoms with Crippen LogP contribution in [0.5, 0.6) is 0 Å². The van der Waals surface area contributed by atoms with Crippen LogP contribution in [0, 0.1) is 12.3 Å². The first-order valence-corrected chi connectivity index (χ1v) is 6.15. The average Bonchev–Trinajstić information content (AvgIpc) is 2.03. The van der Waals surface area contributed by atoms with Crippen molar-refractivity contribution in [1.82, 2.24) is 4.72 Å². The molecule has 0 amide bonds. The van der Waals surface area contributed by atoms with Gasteiger partial charge in [0.25, 0.3) is 0 Å². The van der Waals surface area contributed by atoms with Crippen molar-refractivity contribution < 1.29 is 13.2 Å². The van der Waals surface area contributed by atoms with E-state index in [-0.39, 0.29) is 18.5 Å². The molecule has 0 radical (unpaired) electrons. The lowest BCUT2D eigenvalue weighted by atomic mass is 10.5. The van der Waals surface area contributed by atoms with Crippen LogP contribution in [-0.2, 0) is 14.8 Å². The maximum Gasteiger partial charge on any atom is 0.213 e. The Hall–Kier alpha value is -0.570. The lowest BCUT2D eigenvalue weighted by molar-refractivity contribution is 0.0911. The molecule has 0 aliphatic rings. The summed E-state index contributed by atoms with van der Waals surface area (Å²) in [4.78, 5) is 0. The highest BCUT2D eigenvalue weighted by atomic mass is 32.2. The number of hydrogen-bond acceptors (Lipinski definition) is 3. The van der Waals surface area contributed by atoms with E-state index in [1.54, 1.807) is 0 Å². The third kappa shape index (κ3) is 8.05.